The molecule has 1 N–H and O–H groups in total. The van der Waals surface area contributed by atoms with Gasteiger partial charge >= 0.3 is 0 Å². The smallest absolute Gasteiger partial charge is 0.115 e. The maximum absolute atomic E-state index is 9.51. The summed E-state index contributed by atoms with van der Waals surface area (Å²) in [6, 6.07) is 6.45. The first-order chi connectivity index (χ1) is 8.74. The van der Waals surface area contributed by atoms with Crippen molar-refractivity contribution in [1.82, 2.24) is 4.90 Å². The van der Waals surface area contributed by atoms with Crippen LogP contribution in [0.4, 0.5) is 0 Å². The highest BCUT2D eigenvalue weighted by molar-refractivity contribution is 14.1. The topological polar surface area (TPSA) is 23.5 Å². The maximum atomic E-state index is 9.51. The zero-order valence-corrected chi connectivity index (χ0v) is 12.9. The van der Waals surface area contributed by atoms with E-state index in [0.717, 1.165) is 25.9 Å². The molecule has 0 heterocycles. The van der Waals surface area contributed by atoms with Crippen LogP contribution in [-0.2, 0) is 12.8 Å². The normalized spacial score (nSPS) is 19.4. The van der Waals surface area contributed by atoms with Crippen molar-refractivity contribution in [2.75, 3.05) is 13.1 Å². The third kappa shape index (κ3) is 3.26. The number of rotatable bonds is 4. The van der Waals surface area contributed by atoms with Gasteiger partial charge in [-0.25, -0.2) is 0 Å². The monoisotopic (exact) mass is 357 g/mol. The van der Waals surface area contributed by atoms with Crippen molar-refractivity contribution in [2.24, 2.45) is 0 Å². The van der Waals surface area contributed by atoms with Crippen molar-refractivity contribution in [3.63, 3.8) is 0 Å². The summed E-state index contributed by atoms with van der Waals surface area (Å²) < 4.78 is 2.09. The van der Waals surface area contributed by atoms with E-state index in [1.165, 1.54) is 17.5 Å². The Labute approximate surface area is 123 Å². The number of fused-ring (bicyclic) bond motifs is 1. The van der Waals surface area contributed by atoms with Gasteiger partial charge in [0.25, 0.3) is 0 Å². The van der Waals surface area contributed by atoms with Crippen molar-refractivity contribution in [3.8, 4) is 5.75 Å². The van der Waals surface area contributed by atoms with Crippen LogP contribution in [0.2, 0.25) is 0 Å². The fraction of sp³-hybridized carbons (Fsp3) is 0.467. The number of benzene rings is 1. The minimum atomic E-state index is 0.396. The van der Waals surface area contributed by atoms with Crippen molar-refractivity contribution in [1.29, 1.82) is 0 Å². The van der Waals surface area contributed by atoms with Crippen molar-refractivity contribution in [2.45, 2.75) is 32.2 Å². The molecule has 3 heteroatoms. The lowest BCUT2D eigenvalue weighted by molar-refractivity contribution is 0.209. The number of phenols is 1. The molecule has 18 heavy (non-hydrogen) atoms. The number of phenolic OH excluding ortho intramolecular Hbond substituents is 1. The molecule has 2 rings (SSSR count). The second-order valence-corrected chi connectivity index (χ2v) is 5.52. The molecule has 2 nitrogen and oxygen atoms in total. The number of nitrogens with zero attached hydrogens (tertiary/aromatic N) is 1. The Bertz CT molecular complexity index is 431. The van der Waals surface area contributed by atoms with E-state index in [-0.39, 0.29) is 0 Å². The largest absolute Gasteiger partial charge is 0.508 e. The Morgan fingerprint density at radius 3 is 3.00 bits per heavy atom. The number of halogens is 1. The van der Waals surface area contributed by atoms with Gasteiger partial charge in [0.05, 0.1) is 0 Å². The van der Waals surface area contributed by atoms with Crippen LogP contribution in [0.1, 0.15) is 24.5 Å². The van der Waals surface area contributed by atoms with E-state index in [1.807, 2.05) is 12.1 Å². The highest BCUT2D eigenvalue weighted by Crippen LogP contribution is 2.27. The molecule has 0 radical (unpaired) electrons. The number of aromatic hydroxyl groups is 1. The van der Waals surface area contributed by atoms with Gasteiger partial charge in [0.2, 0.25) is 0 Å². The Balaban J connectivity index is 2.08. The molecule has 0 saturated heterocycles. The van der Waals surface area contributed by atoms with E-state index in [0.29, 0.717) is 11.8 Å². The van der Waals surface area contributed by atoms with E-state index >= 15 is 0 Å². The molecule has 98 valence electrons. The number of hydrogen-bond acceptors (Lipinski definition) is 2. The minimum absolute atomic E-state index is 0.396. The number of hydrogen-bond donors (Lipinski definition) is 1. The Kier molecular flexibility index (Phi) is 5.06. The molecule has 1 aliphatic carbocycles. The van der Waals surface area contributed by atoms with Crippen molar-refractivity contribution >= 4 is 22.6 Å². The van der Waals surface area contributed by atoms with Gasteiger partial charge in [0, 0.05) is 12.6 Å². The molecule has 0 bridgehead atoms. The lowest BCUT2D eigenvalue weighted by atomic mass is 9.87. The van der Waals surface area contributed by atoms with Crippen molar-refractivity contribution in [3.05, 3.63) is 39.5 Å². The van der Waals surface area contributed by atoms with Gasteiger partial charge in [-0.15, -0.1) is 0 Å². The Morgan fingerprint density at radius 2 is 2.28 bits per heavy atom. The summed E-state index contributed by atoms with van der Waals surface area (Å²) in [7, 11) is 0. The molecule has 0 aliphatic heterocycles. The molecule has 0 saturated carbocycles. The Hall–Kier alpha value is -0.550. The summed E-state index contributed by atoms with van der Waals surface area (Å²) in [5.74, 6) is 0.396. The second kappa shape index (κ2) is 6.57. The van der Waals surface area contributed by atoms with Crippen LogP contribution < -0.4 is 0 Å². The molecule has 1 aromatic rings. The predicted octanol–water partition coefficient (Wildman–Crippen LogP) is 3.52. The van der Waals surface area contributed by atoms with Crippen LogP contribution in [-0.4, -0.2) is 29.1 Å². The average molecular weight is 357 g/mol. The standard InChI is InChI=1S/C15H20INO/c1-2-17(9-3-8-16)14-6-4-13-11-15(18)7-5-12(13)10-14/h3,5,7-8,11,14,18H,2,4,6,9-10H2,1H3/b8-3+. The molecular weight excluding hydrogens is 337 g/mol. The summed E-state index contributed by atoms with van der Waals surface area (Å²) in [4.78, 5) is 2.53. The molecule has 0 spiro atoms. The van der Waals surface area contributed by atoms with Crippen LogP contribution in [0.25, 0.3) is 0 Å². The molecule has 0 aromatic heterocycles. The van der Waals surface area contributed by atoms with E-state index in [2.05, 4.69) is 50.6 Å². The first kappa shape index (κ1) is 13.9. The van der Waals surface area contributed by atoms with E-state index in [9.17, 15) is 5.11 Å². The molecule has 1 atom stereocenters. The number of aryl methyl sites for hydroxylation is 1. The molecule has 1 aliphatic rings. The lowest BCUT2D eigenvalue weighted by Crippen LogP contribution is -2.39. The van der Waals surface area contributed by atoms with Crippen molar-refractivity contribution < 1.29 is 5.11 Å². The average Bonchev–Trinajstić information content (AvgIpc) is 2.39. The molecule has 1 aromatic carbocycles. The zero-order chi connectivity index (χ0) is 13.0. The predicted molar refractivity (Wildman–Crippen MR) is 84.3 cm³/mol. The van der Waals surface area contributed by atoms with Crippen LogP contribution in [0, 0.1) is 0 Å². The molecular formula is C15H20INO. The van der Waals surface area contributed by atoms with Gasteiger partial charge in [-0.1, -0.05) is 41.7 Å². The van der Waals surface area contributed by atoms with Crippen LogP contribution in [0.15, 0.2) is 28.4 Å². The van der Waals surface area contributed by atoms with Gasteiger partial charge < -0.3 is 5.11 Å². The first-order valence-corrected chi connectivity index (χ1v) is 7.79. The second-order valence-electron chi connectivity index (χ2n) is 4.80. The fourth-order valence-electron chi connectivity index (χ4n) is 2.75. The zero-order valence-electron chi connectivity index (χ0n) is 10.8. The minimum Gasteiger partial charge on any atom is -0.508 e. The molecule has 0 fully saturated rings. The van der Waals surface area contributed by atoms with Crippen LogP contribution in [0.5, 0.6) is 5.75 Å². The summed E-state index contributed by atoms with van der Waals surface area (Å²) in [5.41, 5.74) is 2.73. The van der Waals surface area contributed by atoms with Crippen LogP contribution in [0.3, 0.4) is 0 Å². The summed E-state index contributed by atoms with van der Waals surface area (Å²) in [6.07, 6.45) is 5.60. The highest BCUT2D eigenvalue weighted by Gasteiger charge is 2.22. The highest BCUT2D eigenvalue weighted by atomic mass is 127. The maximum Gasteiger partial charge on any atom is 0.115 e. The van der Waals surface area contributed by atoms with Gasteiger partial charge in [0.1, 0.15) is 5.75 Å². The van der Waals surface area contributed by atoms with Crippen LogP contribution >= 0.6 is 22.6 Å². The van der Waals surface area contributed by atoms with E-state index in [1.54, 1.807) is 0 Å². The third-order valence-electron chi connectivity index (χ3n) is 3.74. The van der Waals surface area contributed by atoms with E-state index in [4.69, 9.17) is 0 Å². The SMILES string of the molecule is CCN(C/C=C/I)C1CCc2cc(O)ccc2C1. The third-order valence-corrected chi connectivity index (χ3v) is 4.25. The molecule has 0 amide bonds. The molecule has 1 unspecified atom stereocenters. The lowest BCUT2D eigenvalue weighted by Gasteiger charge is -2.33. The number of likely N-dealkylation sites (N-methyl/N-ethyl adjacent to an activating group) is 1. The Morgan fingerprint density at radius 1 is 1.44 bits per heavy atom. The van der Waals surface area contributed by atoms with Gasteiger partial charge in [-0.2, -0.15) is 0 Å². The summed E-state index contributed by atoms with van der Waals surface area (Å²) >= 11 is 2.28. The summed E-state index contributed by atoms with van der Waals surface area (Å²) in [6.45, 7) is 4.37. The first-order valence-electron chi connectivity index (χ1n) is 6.54. The van der Waals surface area contributed by atoms with Gasteiger partial charge in [-0.05, 0) is 53.1 Å². The quantitative estimate of drug-likeness (QED) is 0.834. The van der Waals surface area contributed by atoms with E-state index < -0.39 is 0 Å². The fourth-order valence-corrected chi connectivity index (χ4v) is 2.97. The summed E-state index contributed by atoms with van der Waals surface area (Å²) in [5, 5.41) is 9.51. The van der Waals surface area contributed by atoms with Gasteiger partial charge in [0.15, 0.2) is 0 Å². The van der Waals surface area contributed by atoms with Gasteiger partial charge in [-0.3, -0.25) is 4.90 Å².